The van der Waals surface area contributed by atoms with Gasteiger partial charge in [0.15, 0.2) is 0 Å². The number of nitrogens with one attached hydrogen (secondary N) is 1. The molecule has 0 aliphatic carbocycles. The van der Waals surface area contributed by atoms with Crippen molar-refractivity contribution in [3.8, 4) is 0 Å². The van der Waals surface area contributed by atoms with Gasteiger partial charge < -0.3 is 4.52 Å². The average Bonchev–Trinajstić information content (AvgIpc) is 1.84. The second-order valence-corrected chi connectivity index (χ2v) is 6.78. The number of hydrogen-bond donors (Lipinski definition) is 1. The molecule has 1 atom stereocenters. The molecule has 0 rings (SSSR count). The van der Waals surface area contributed by atoms with E-state index in [1.807, 2.05) is 0 Å². The third kappa shape index (κ3) is 5.31. The first-order valence-corrected chi connectivity index (χ1v) is 6.35. The standard InChI is InChI=1S/C4H11ClNOPS/c1-3-4-6-8(5,9)7-2/h3-4H2,1-2H3,(H,6,9). The first kappa shape index (κ1) is 9.86. The molecule has 0 aromatic carbocycles. The Hall–Kier alpha value is 0.860. The maximum absolute atomic E-state index is 5.69. The van der Waals surface area contributed by atoms with Crippen molar-refractivity contribution >= 4 is 28.8 Å². The quantitative estimate of drug-likeness (QED) is 0.682. The molecule has 0 spiro atoms. The first-order chi connectivity index (χ1) is 4.12. The molecule has 9 heavy (non-hydrogen) atoms. The Bertz CT molecular complexity index is 121. The van der Waals surface area contributed by atoms with E-state index in [-0.39, 0.29) is 0 Å². The van der Waals surface area contributed by atoms with Crippen molar-refractivity contribution in [2.24, 2.45) is 0 Å². The van der Waals surface area contributed by atoms with Gasteiger partial charge in [0.1, 0.15) is 0 Å². The van der Waals surface area contributed by atoms with Gasteiger partial charge in [-0.1, -0.05) is 6.92 Å². The summed E-state index contributed by atoms with van der Waals surface area (Å²) in [6, 6.07) is 0. The largest absolute Gasteiger partial charge is 0.330 e. The van der Waals surface area contributed by atoms with Crippen LogP contribution in [-0.4, -0.2) is 13.7 Å². The summed E-state index contributed by atoms with van der Waals surface area (Å²) in [5, 5.41) is 2.93. The lowest BCUT2D eigenvalue weighted by Crippen LogP contribution is -2.08. The Morgan fingerprint density at radius 2 is 2.33 bits per heavy atom. The monoisotopic (exact) mass is 187 g/mol. The Balaban J connectivity index is 3.46. The highest BCUT2D eigenvalue weighted by atomic mass is 35.7. The van der Waals surface area contributed by atoms with Crippen molar-refractivity contribution in [1.29, 1.82) is 0 Å². The van der Waals surface area contributed by atoms with Gasteiger partial charge in [-0.15, -0.1) is 0 Å². The molecule has 56 valence electrons. The van der Waals surface area contributed by atoms with Gasteiger partial charge in [-0.2, -0.15) is 0 Å². The molecule has 0 bridgehead atoms. The lowest BCUT2D eigenvalue weighted by Gasteiger charge is -2.11. The van der Waals surface area contributed by atoms with E-state index in [4.69, 9.17) is 27.6 Å². The summed E-state index contributed by atoms with van der Waals surface area (Å²) in [5.41, 5.74) is 0. The second kappa shape index (κ2) is 4.64. The van der Waals surface area contributed by atoms with Crippen LogP contribution in [0.4, 0.5) is 0 Å². The molecule has 1 unspecified atom stereocenters. The first-order valence-electron chi connectivity index (χ1n) is 2.73. The molecule has 0 radical (unpaired) electrons. The average molecular weight is 188 g/mol. The normalized spacial score (nSPS) is 17.2. The van der Waals surface area contributed by atoms with Crippen LogP contribution in [0.3, 0.4) is 0 Å². The van der Waals surface area contributed by atoms with Crippen LogP contribution >= 0.6 is 17.0 Å². The molecule has 0 amide bonds. The van der Waals surface area contributed by atoms with Crippen LogP contribution in [-0.2, 0) is 16.3 Å². The molecule has 0 aliphatic rings. The van der Waals surface area contributed by atoms with Crippen LogP contribution in [0.5, 0.6) is 0 Å². The molecular formula is C4H11ClNOPS. The fourth-order valence-electron chi connectivity index (χ4n) is 0.310. The minimum Gasteiger partial charge on any atom is -0.330 e. The van der Waals surface area contributed by atoms with Crippen LogP contribution in [0.15, 0.2) is 0 Å². The summed E-state index contributed by atoms with van der Waals surface area (Å²) in [5.74, 6) is -2.13. The van der Waals surface area contributed by atoms with Crippen molar-refractivity contribution in [2.45, 2.75) is 13.3 Å². The molecule has 2 nitrogen and oxygen atoms in total. The summed E-state index contributed by atoms with van der Waals surface area (Å²) in [7, 11) is 1.52. The Labute approximate surface area is 65.9 Å². The van der Waals surface area contributed by atoms with Crippen molar-refractivity contribution in [3.63, 3.8) is 0 Å². The lowest BCUT2D eigenvalue weighted by atomic mass is 10.5. The van der Waals surface area contributed by atoms with Crippen molar-refractivity contribution < 1.29 is 4.52 Å². The predicted octanol–water partition coefficient (Wildman–Crippen LogP) is 2.10. The molecule has 0 fully saturated rings. The van der Waals surface area contributed by atoms with Crippen molar-refractivity contribution in [2.75, 3.05) is 13.7 Å². The lowest BCUT2D eigenvalue weighted by molar-refractivity contribution is 0.460. The fraction of sp³-hybridized carbons (Fsp3) is 1.00. The van der Waals surface area contributed by atoms with E-state index in [9.17, 15) is 0 Å². The molecule has 5 heteroatoms. The molecular weight excluding hydrogens is 177 g/mol. The zero-order chi connectivity index (χ0) is 7.33. The molecule has 0 aliphatic heterocycles. The maximum atomic E-state index is 5.69. The van der Waals surface area contributed by atoms with E-state index in [1.165, 1.54) is 7.11 Å². The molecule has 1 N–H and O–H groups in total. The Morgan fingerprint density at radius 1 is 1.78 bits per heavy atom. The minimum atomic E-state index is -2.13. The zero-order valence-electron chi connectivity index (χ0n) is 5.56. The number of rotatable bonds is 4. The smallest absolute Gasteiger partial charge is 0.218 e. The molecule has 0 saturated heterocycles. The van der Waals surface area contributed by atoms with Crippen LogP contribution in [0.1, 0.15) is 13.3 Å². The summed E-state index contributed by atoms with van der Waals surface area (Å²) in [4.78, 5) is 0. The molecule has 0 aromatic heterocycles. The topological polar surface area (TPSA) is 21.3 Å². The predicted molar refractivity (Wildman–Crippen MR) is 45.4 cm³/mol. The van der Waals surface area contributed by atoms with E-state index in [0.29, 0.717) is 0 Å². The number of halogens is 1. The third-order valence-corrected chi connectivity index (χ3v) is 3.46. The van der Waals surface area contributed by atoms with Gasteiger partial charge in [0.05, 0.1) is 0 Å². The van der Waals surface area contributed by atoms with E-state index >= 15 is 0 Å². The van der Waals surface area contributed by atoms with Gasteiger partial charge in [0.25, 0.3) is 0 Å². The van der Waals surface area contributed by atoms with Crippen LogP contribution < -0.4 is 5.09 Å². The maximum Gasteiger partial charge on any atom is 0.218 e. The summed E-state index contributed by atoms with van der Waals surface area (Å²) < 4.78 is 4.82. The van der Waals surface area contributed by atoms with E-state index in [1.54, 1.807) is 0 Å². The van der Waals surface area contributed by atoms with Crippen LogP contribution in [0.25, 0.3) is 0 Å². The molecule has 0 heterocycles. The van der Waals surface area contributed by atoms with Gasteiger partial charge in [0, 0.05) is 13.7 Å². The zero-order valence-corrected chi connectivity index (χ0v) is 8.02. The van der Waals surface area contributed by atoms with Crippen molar-refractivity contribution in [1.82, 2.24) is 5.09 Å². The van der Waals surface area contributed by atoms with Gasteiger partial charge in [-0.05, 0) is 29.5 Å². The second-order valence-electron chi connectivity index (χ2n) is 1.57. The fourth-order valence-corrected chi connectivity index (χ4v) is 1.46. The van der Waals surface area contributed by atoms with Gasteiger partial charge >= 0.3 is 0 Å². The Morgan fingerprint density at radius 3 is 2.67 bits per heavy atom. The number of hydrogen-bond acceptors (Lipinski definition) is 2. The third-order valence-electron chi connectivity index (χ3n) is 0.785. The summed E-state index contributed by atoms with van der Waals surface area (Å²) >= 11 is 10.5. The van der Waals surface area contributed by atoms with E-state index in [2.05, 4.69) is 12.0 Å². The SMILES string of the molecule is CCCNP(=S)(Cl)OC. The van der Waals surface area contributed by atoms with E-state index in [0.717, 1.165) is 13.0 Å². The van der Waals surface area contributed by atoms with Crippen molar-refractivity contribution in [3.05, 3.63) is 0 Å². The van der Waals surface area contributed by atoms with Crippen LogP contribution in [0, 0.1) is 0 Å². The summed E-state index contributed by atoms with van der Waals surface area (Å²) in [6.45, 7) is 2.88. The van der Waals surface area contributed by atoms with Gasteiger partial charge in [-0.25, -0.2) is 0 Å². The molecule has 0 aromatic rings. The highest BCUT2D eigenvalue weighted by molar-refractivity contribution is 8.23. The van der Waals surface area contributed by atoms with E-state index < -0.39 is 5.77 Å². The molecule has 0 saturated carbocycles. The van der Waals surface area contributed by atoms with Crippen LogP contribution in [0.2, 0.25) is 0 Å². The highest BCUT2D eigenvalue weighted by Crippen LogP contribution is 2.46. The van der Waals surface area contributed by atoms with Gasteiger partial charge in [-0.3, -0.25) is 5.09 Å². The Kier molecular flexibility index (Phi) is 5.08. The summed E-state index contributed by atoms with van der Waals surface area (Å²) in [6.07, 6.45) is 1.02. The minimum absolute atomic E-state index is 0.828. The van der Waals surface area contributed by atoms with Gasteiger partial charge in [0.2, 0.25) is 5.77 Å². The highest BCUT2D eigenvalue weighted by Gasteiger charge is 2.07.